The van der Waals surface area contributed by atoms with Crippen LogP contribution in [0.4, 0.5) is 5.69 Å². The number of primary sulfonamides is 1. The van der Waals surface area contributed by atoms with Gasteiger partial charge in [0.05, 0.1) is 17.9 Å². The van der Waals surface area contributed by atoms with E-state index in [2.05, 4.69) is 4.90 Å². The monoisotopic (exact) mass is 470 g/mol. The van der Waals surface area contributed by atoms with Gasteiger partial charge in [-0.2, -0.15) is 0 Å². The van der Waals surface area contributed by atoms with Gasteiger partial charge in [0.2, 0.25) is 21.8 Å². The molecule has 9 heteroatoms. The molecule has 1 atom stereocenters. The summed E-state index contributed by atoms with van der Waals surface area (Å²) in [6, 6.07) is 12.6. The molecule has 0 saturated carbocycles. The molecule has 8 nitrogen and oxygen atoms in total. The molecule has 33 heavy (non-hydrogen) atoms. The highest BCUT2D eigenvalue weighted by molar-refractivity contribution is 7.89. The summed E-state index contributed by atoms with van der Waals surface area (Å²) in [5, 5.41) is 5.24. The molecular formula is C24H30N4O4S. The van der Waals surface area contributed by atoms with E-state index in [0.717, 1.165) is 16.8 Å². The van der Waals surface area contributed by atoms with Crippen LogP contribution in [0.2, 0.25) is 0 Å². The second kappa shape index (κ2) is 9.24. The van der Waals surface area contributed by atoms with Crippen LogP contribution in [0.3, 0.4) is 0 Å². The number of piperazine rings is 1. The topological polar surface area (TPSA) is 104 Å². The molecule has 2 N–H and O–H groups in total. The third-order valence-corrected chi connectivity index (χ3v) is 7.33. The van der Waals surface area contributed by atoms with Crippen LogP contribution < -0.4 is 10.0 Å². The van der Waals surface area contributed by atoms with Crippen molar-refractivity contribution in [1.82, 2.24) is 9.80 Å². The molecule has 1 fully saturated rings. The average molecular weight is 471 g/mol. The summed E-state index contributed by atoms with van der Waals surface area (Å²) in [6.07, 6.45) is 0.980. The Hall–Kier alpha value is -2.75. The molecule has 0 radical (unpaired) electrons. The Labute approximate surface area is 195 Å². The highest BCUT2D eigenvalue weighted by Gasteiger charge is 2.33. The van der Waals surface area contributed by atoms with Crippen molar-refractivity contribution < 1.29 is 18.0 Å². The Balaban J connectivity index is 1.33. The maximum atomic E-state index is 13.1. The fourth-order valence-corrected chi connectivity index (χ4v) is 5.14. The first-order valence-corrected chi connectivity index (χ1v) is 12.7. The minimum absolute atomic E-state index is 0.0240. The van der Waals surface area contributed by atoms with Gasteiger partial charge in [0.15, 0.2) is 0 Å². The van der Waals surface area contributed by atoms with E-state index >= 15 is 0 Å². The van der Waals surface area contributed by atoms with Crippen molar-refractivity contribution in [3.8, 4) is 0 Å². The van der Waals surface area contributed by atoms with Crippen molar-refractivity contribution in [3.05, 3.63) is 59.2 Å². The average Bonchev–Trinajstić information content (AvgIpc) is 3.10. The quantitative estimate of drug-likeness (QED) is 0.710. The maximum Gasteiger partial charge on any atom is 0.241 e. The van der Waals surface area contributed by atoms with Gasteiger partial charge in [0.1, 0.15) is 0 Å². The molecule has 0 bridgehead atoms. The number of hydrogen-bond acceptors (Lipinski definition) is 5. The fourth-order valence-electron chi connectivity index (χ4n) is 4.58. The van der Waals surface area contributed by atoms with Crippen LogP contribution in [0.15, 0.2) is 47.4 Å². The van der Waals surface area contributed by atoms with E-state index in [0.29, 0.717) is 39.0 Å². The van der Waals surface area contributed by atoms with Crippen LogP contribution in [0.5, 0.6) is 0 Å². The number of carbonyl (C=O) groups is 2. The van der Waals surface area contributed by atoms with Gasteiger partial charge < -0.3 is 9.80 Å². The third kappa shape index (κ3) is 5.26. The molecule has 4 rings (SSSR count). The Morgan fingerprint density at radius 2 is 1.67 bits per heavy atom. The predicted octanol–water partition coefficient (Wildman–Crippen LogP) is 1.31. The first-order valence-electron chi connectivity index (χ1n) is 11.2. The molecular weight excluding hydrogens is 440 g/mol. The Kier molecular flexibility index (Phi) is 6.56. The van der Waals surface area contributed by atoms with Gasteiger partial charge >= 0.3 is 0 Å². The zero-order valence-corrected chi connectivity index (χ0v) is 19.8. The molecule has 2 aromatic carbocycles. The van der Waals surface area contributed by atoms with Gasteiger partial charge in [-0.3, -0.25) is 14.5 Å². The predicted molar refractivity (Wildman–Crippen MR) is 126 cm³/mol. The number of amides is 2. The SMILES string of the molecule is Cc1ccc(CC(=O)N2CCN(CC(=O)N3c4ccc(S(N)(=O)=O)cc4CC3C)CC2)cc1. The molecule has 1 unspecified atom stereocenters. The molecule has 176 valence electrons. The molecule has 0 spiro atoms. The van der Waals surface area contributed by atoms with Gasteiger partial charge in [0, 0.05) is 37.9 Å². The zero-order valence-electron chi connectivity index (χ0n) is 19.0. The van der Waals surface area contributed by atoms with E-state index in [1.54, 1.807) is 17.0 Å². The van der Waals surface area contributed by atoms with Gasteiger partial charge in [-0.25, -0.2) is 13.6 Å². The van der Waals surface area contributed by atoms with Crippen molar-refractivity contribution in [2.45, 2.75) is 37.6 Å². The summed E-state index contributed by atoms with van der Waals surface area (Å²) in [4.78, 5) is 31.5. The van der Waals surface area contributed by atoms with Crippen LogP contribution in [0, 0.1) is 6.92 Å². The Morgan fingerprint density at radius 1 is 1.00 bits per heavy atom. The number of carbonyl (C=O) groups excluding carboxylic acids is 2. The summed E-state index contributed by atoms with van der Waals surface area (Å²) in [7, 11) is -3.78. The normalized spacial score (nSPS) is 18.9. The summed E-state index contributed by atoms with van der Waals surface area (Å²) >= 11 is 0. The molecule has 2 aliphatic rings. The van der Waals surface area contributed by atoms with Crippen LogP contribution in [0.25, 0.3) is 0 Å². The number of sulfonamides is 1. The van der Waals surface area contributed by atoms with E-state index in [-0.39, 0.29) is 29.3 Å². The number of fused-ring (bicyclic) bond motifs is 1. The molecule has 2 amide bonds. The lowest BCUT2D eigenvalue weighted by molar-refractivity contribution is -0.132. The number of aryl methyl sites for hydroxylation is 1. The summed E-state index contributed by atoms with van der Waals surface area (Å²) in [5.74, 6) is 0.0848. The first-order chi connectivity index (χ1) is 15.6. The highest BCUT2D eigenvalue weighted by atomic mass is 32.2. The number of nitrogens with two attached hydrogens (primary N) is 1. The van der Waals surface area contributed by atoms with Crippen LogP contribution >= 0.6 is 0 Å². The first kappa shape index (κ1) is 23.4. The third-order valence-electron chi connectivity index (χ3n) is 6.42. The lowest BCUT2D eigenvalue weighted by Crippen LogP contribution is -2.52. The van der Waals surface area contributed by atoms with Crippen LogP contribution in [-0.4, -0.2) is 68.8 Å². The molecule has 0 aliphatic carbocycles. The molecule has 2 aliphatic heterocycles. The van der Waals surface area contributed by atoms with Crippen LogP contribution in [0.1, 0.15) is 23.6 Å². The number of hydrogen-bond donors (Lipinski definition) is 1. The van der Waals surface area contributed by atoms with Crippen molar-refractivity contribution >= 4 is 27.5 Å². The standard InChI is InChI=1S/C24H30N4O4S/c1-17-3-5-19(6-4-17)14-23(29)27-11-9-26(10-12-27)16-24(30)28-18(2)13-20-15-21(33(25,31)32)7-8-22(20)28/h3-8,15,18H,9-14,16H2,1-2H3,(H2,25,31,32). The second-order valence-corrected chi connectivity index (χ2v) is 10.5. The van der Waals surface area contributed by atoms with Crippen molar-refractivity contribution in [2.75, 3.05) is 37.6 Å². The molecule has 2 heterocycles. The molecule has 2 aromatic rings. The van der Waals surface area contributed by atoms with Gasteiger partial charge in [-0.15, -0.1) is 0 Å². The summed E-state index contributed by atoms with van der Waals surface area (Å²) in [5.41, 5.74) is 3.74. The summed E-state index contributed by atoms with van der Waals surface area (Å²) < 4.78 is 23.3. The van der Waals surface area contributed by atoms with Crippen LogP contribution in [-0.2, 0) is 32.5 Å². The van der Waals surface area contributed by atoms with E-state index in [1.807, 2.05) is 43.0 Å². The molecule has 0 aromatic heterocycles. The number of benzene rings is 2. The van der Waals surface area contributed by atoms with E-state index in [4.69, 9.17) is 5.14 Å². The summed E-state index contributed by atoms with van der Waals surface area (Å²) in [6.45, 7) is 6.73. The number of rotatable bonds is 5. The minimum Gasteiger partial charge on any atom is -0.340 e. The van der Waals surface area contributed by atoms with Gasteiger partial charge in [0.25, 0.3) is 0 Å². The van der Waals surface area contributed by atoms with E-state index in [1.165, 1.54) is 11.6 Å². The lowest BCUT2D eigenvalue weighted by Gasteiger charge is -2.35. The zero-order chi connectivity index (χ0) is 23.8. The van der Waals surface area contributed by atoms with E-state index in [9.17, 15) is 18.0 Å². The highest BCUT2D eigenvalue weighted by Crippen LogP contribution is 2.33. The number of anilines is 1. The number of nitrogens with zero attached hydrogens (tertiary/aromatic N) is 3. The lowest BCUT2D eigenvalue weighted by atomic mass is 10.1. The van der Waals surface area contributed by atoms with Crippen molar-refractivity contribution in [2.24, 2.45) is 5.14 Å². The smallest absolute Gasteiger partial charge is 0.241 e. The maximum absolute atomic E-state index is 13.1. The Bertz CT molecular complexity index is 1160. The van der Waals surface area contributed by atoms with E-state index < -0.39 is 10.0 Å². The van der Waals surface area contributed by atoms with Crippen molar-refractivity contribution in [1.29, 1.82) is 0 Å². The minimum atomic E-state index is -3.78. The Morgan fingerprint density at radius 3 is 2.30 bits per heavy atom. The fraction of sp³-hybridized carbons (Fsp3) is 0.417. The molecule has 1 saturated heterocycles. The largest absolute Gasteiger partial charge is 0.340 e. The van der Waals surface area contributed by atoms with Gasteiger partial charge in [-0.1, -0.05) is 29.8 Å². The second-order valence-electron chi connectivity index (χ2n) is 8.97. The van der Waals surface area contributed by atoms with Gasteiger partial charge in [-0.05, 0) is 49.6 Å². The van der Waals surface area contributed by atoms with Crippen molar-refractivity contribution in [3.63, 3.8) is 0 Å².